The summed E-state index contributed by atoms with van der Waals surface area (Å²) in [5.41, 5.74) is 4.70. The molecular weight excluding hydrogens is 396 g/mol. The van der Waals surface area contributed by atoms with Gasteiger partial charge in [-0.1, -0.05) is 30.3 Å². The maximum absolute atomic E-state index is 13.3. The van der Waals surface area contributed by atoms with Gasteiger partial charge in [-0.15, -0.1) is 11.3 Å². The second-order valence-corrected chi connectivity index (χ2v) is 8.71. The molecule has 0 radical (unpaired) electrons. The van der Waals surface area contributed by atoms with Crippen molar-refractivity contribution >= 4 is 23.2 Å². The van der Waals surface area contributed by atoms with Crippen LogP contribution >= 0.6 is 11.3 Å². The zero-order valence-corrected chi connectivity index (χ0v) is 18.4. The van der Waals surface area contributed by atoms with Crippen LogP contribution in [0.25, 0.3) is 11.4 Å². The van der Waals surface area contributed by atoms with Crippen molar-refractivity contribution in [3.63, 3.8) is 0 Å². The van der Waals surface area contributed by atoms with Crippen LogP contribution in [0.15, 0.2) is 41.8 Å². The maximum Gasteiger partial charge on any atom is 0.255 e. The first-order chi connectivity index (χ1) is 14.4. The Bertz CT molecular complexity index is 1060. The lowest BCUT2D eigenvalue weighted by atomic mass is 10.2. The fourth-order valence-corrected chi connectivity index (χ4v) is 4.53. The average molecular weight is 423 g/mol. The van der Waals surface area contributed by atoms with E-state index in [4.69, 9.17) is 0 Å². The highest BCUT2D eigenvalue weighted by Crippen LogP contribution is 2.29. The summed E-state index contributed by atoms with van der Waals surface area (Å²) < 4.78 is 2.18. The Kier molecular flexibility index (Phi) is 5.72. The monoisotopic (exact) mass is 422 g/mol. The summed E-state index contributed by atoms with van der Waals surface area (Å²) in [5.74, 6) is 0.0872. The van der Waals surface area contributed by atoms with Crippen LogP contribution < -0.4 is 0 Å². The molecule has 0 saturated carbocycles. The number of nitrogens with zero attached hydrogens (tertiary/aromatic N) is 4. The summed E-state index contributed by atoms with van der Waals surface area (Å²) in [6.45, 7) is 8.56. The first-order valence-electron chi connectivity index (χ1n) is 10.2. The molecule has 0 bridgehead atoms. The van der Waals surface area contributed by atoms with Crippen molar-refractivity contribution in [2.45, 2.75) is 27.3 Å². The number of carbonyl (C=O) groups is 2. The molecule has 1 aliphatic rings. The lowest BCUT2D eigenvalue weighted by Crippen LogP contribution is -2.50. The molecule has 6 nitrogen and oxygen atoms in total. The number of aromatic nitrogens is 2. The van der Waals surface area contributed by atoms with Crippen LogP contribution in [0.3, 0.4) is 0 Å². The molecular formula is C23H26N4O2S. The number of benzene rings is 1. The Labute approximate surface area is 180 Å². The molecule has 3 aromatic rings. The van der Waals surface area contributed by atoms with Gasteiger partial charge in [-0.3, -0.25) is 9.59 Å². The Morgan fingerprint density at radius 2 is 1.70 bits per heavy atom. The van der Waals surface area contributed by atoms with Crippen LogP contribution in [0.5, 0.6) is 0 Å². The number of hydrogen-bond donors (Lipinski definition) is 0. The first-order valence-corrected chi connectivity index (χ1v) is 11.0. The highest BCUT2D eigenvalue weighted by Gasteiger charge is 2.27. The number of aryl methyl sites for hydroxylation is 1. The molecule has 3 heterocycles. The third-order valence-corrected chi connectivity index (χ3v) is 6.45. The quantitative estimate of drug-likeness (QED) is 0.646. The summed E-state index contributed by atoms with van der Waals surface area (Å²) >= 11 is 1.61. The molecule has 0 N–H and O–H groups in total. The van der Waals surface area contributed by atoms with Gasteiger partial charge in [-0.2, -0.15) is 0 Å². The van der Waals surface area contributed by atoms with Crippen molar-refractivity contribution in [1.29, 1.82) is 0 Å². The lowest BCUT2D eigenvalue weighted by molar-refractivity contribution is -0.130. The van der Waals surface area contributed by atoms with Crippen molar-refractivity contribution in [2.24, 2.45) is 0 Å². The van der Waals surface area contributed by atoms with E-state index in [2.05, 4.69) is 21.7 Å². The third kappa shape index (κ3) is 4.03. The predicted molar refractivity (Wildman–Crippen MR) is 119 cm³/mol. The van der Waals surface area contributed by atoms with Crippen molar-refractivity contribution in [1.82, 2.24) is 19.4 Å². The molecule has 0 spiro atoms. The van der Waals surface area contributed by atoms with Crippen LogP contribution in [0, 0.1) is 13.8 Å². The maximum atomic E-state index is 13.3. The summed E-state index contributed by atoms with van der Waals surface area (Å²) in [7, 11) is 0. The molecule has 1 saturated heterocycles. The minimum atomic E-state index is 0.0238. The van der Waals surface area contributed by atoms with Gasteiger partial charge >= 0.3 is 0 Å². The van der Waals surface area contributed by atoms with Gasteiger partial charge < -0.3 is 14.4 Å². The summed E-state index contributed by atoms with van der Waals surface area (Å²) in [6, 6.07) is 12.2. The van der Waals surface area contributed by atoms with Gasteiger partial charge in [-0.05, 0) is 25.5 Å². The number of rotatable bonds is 4. The Hall–Kier alpha value is -2.93. The fourth-order valence-electron chi connectivity index (χ4n) is 3.92. The first kappa shape index (κ1) is 20.3. The normalized spacial score (nSPS) is 14.2. The Balaban J connectivity index is 1.67. The van der Waals surface area contributed by atoms with Crippen LogP contribution in [0.2, 0.25) is 0 Å². The van der Waals surface area contributed by atoms with Crippen molar-refractivity contribution in [3.8, 4) is 11.4 Å². The van der Waals surface area contributed by atoms with Crippen molar-refractivity contribution in [3.05, 3.63) is 63.6 Å². The average Bonchev–Trinajstić information content (AvgIpc) is 3.32. The van der Waals surface area contributed by atoms with E-state index < -0.39 is 0 Å². The van der Waals surface area contributed by atoms with Gasteiger partial charge in [0.2, 0.25) is 5.91 Å². The van der Waals surface area contributed by atoms with E-state index in [1.165, 1.54) is 5.56 Å². The number of amides is 2. The van der Waals surface area contributed by atoms with Crippen molar-refractivity contribution in [2.75, 3.05) is 26.2 Å². The fraction of sp³-hybridized carbons (Fsp3) is 0.348. The summed E-state index contributed by atoms with van der Waals surface area (Å²) in [4.78, 5) is 33.2. The van der Waals surface area contributed by atoms with E-state index in [0.717, 1.165) is 22.1 Å². The van der Waals surface area contributed by atoms with Gasteiger partial charge in [0.25, 0.3) is 5.91 Å². The van der Waals surface area contributed by atoms with E-state index >= 15 is 0 Å². The van der Waals surface area contributed by atoms with E-state index in [0.29, 0.717) is 38.3 Å². The molecule has 7 heteroatoms. The van der Waals surface area contributed by atoms with Crippen LogP contribution in [-0.4, -0.2) is 57.3 Å². The van der Waals surface area contributed by atoms with E-state index in [-0.39, 0.29) is 11.8 Å². The van der Waals surface area contributed by atoms with Gasteiger partial charge in [0, 0.05) is 50.7 Å². The Morgan fingerprint density at radius 3 is 2.30 bits per heavy atom. The molecule has 156 valence electrons. The number of hydrogen-bond acceptors (Lipinski definition) is 4. The Morgan fingerprint density at radius 1 is 1.03 bits per heavy atom. The summed E-state index contributed by atoms with van der Waals surface area (Å²) in [6.07, 6.45) is 0. The molecule has 1 aromatic carbocycles. The molecule has 0 atom stereocenters. The zero-order chi connectivity index (χ0) is 21.3. The topological polar surface area (TPSA) is 58.4 Å². The van der Waals surface area contributed by atoms with Crippen LogP contribution in [0.1, 0.15) is 33.5 Å². The standard InChI is InChI=1S/C23H26N4O2S/c1-16-20(23(29)26-11-9-25(10-12-26)18(3)28)13-22(21-15-30-17(2)24-21)27(16)14-19-7-5-4-6-8-19/h4-8,13,15H,9-12,14H2,1-3H3. The smallest absolute Gasteiger partial charge is 0.255 e. The van der Waals surface area contributed by atoms with E-state index in [1.807, 2.05) is 48.4 Å². The molecule has 2 amide bonds. The second-order valence-electron chi connectivity index (χ2n) is 7.65. The summed E-state index contributed by atoms with van der Waals surface area (Å²) in [5, 5.41) is 3.05. The molecule has 1 aliphatic heterocycles. The van der Waals surface area contributed by atoms with Gasteiger partial charge in [0.1, 0.15) is 0 Å². The number of thiazole rings is 1. The number of carbonyl (C=O) groups excluding carboxylic acids is 2. The zero-order valence-electron chi connectivity index (χ0n) is 17.6. The lowest BCUT2D eigenvalue weighted by Gasteiger charge is -2.34. The third-order valence-electron chi connectivity index (χ3n) is 5.67. The molecule has 0 aliphatic carbocycles. The van der Waals surface area contributed by atoms with E-state index in [9.17, 15) is 9.59 Å². The second kappa shape index (κ2) is 8.44. The molecule has 30 heavy (non-hydrogen) atoms. The molecule has 4 rings (SSSR count). The highest BCUT2D eigenvalue weighted by molar-refractivity contribution is 7.09. The molecule has 0 unspecified atom stereocenters. The van der Waals surface area contributed by atoms with Gasteiger partial charge in [0.15, 0.2) is 0 Å². The van der Waals surface area contributed by atoms with Gasteiger partial charge in [0.05, 0.1) is 22.0 Å². The minimum Gasteiger partial charge on any atom is -0.339 e. The predicted octanol–water partition coefficient (Wildman–Crippen LogP) is 3.58. The van der Waals surface area contributed by atoms with Crippen molar-refractivity contribution < 1.29 is 9.59 Å². The van der Waals surface area contributed by atoms with Gasteiger partial charge in [-0.25, -0.2) is 4.98 Å². The molecule has 2 aromatic heterocycles. The largest absolute Gasteiger partial charge is 0.339 e. The SMILES string of the molecule is CC(=O)N1CCN(C(=O)c2cc(-c3csc(C)n3)n(Cc3ccccc3)c2C)CC1. The van der Waals surface area contributed by atoms with E-state index in [1.54, 1.807) is 23.2 Å². The molecule has 1 fully saturated rings. The highest BCUT2D eigenvalue weighted by atomic mass is 32.1. The van der Waals surface area contributed by atoms with Crippen LogP contribution in [0.4, 0.5) is 0 Å². The van der Waals surface area contributed by atoms with Crippen LogP contribution in [-0.2, 0) is 11.3 Å². The number of piperazine rings is 1. The minimum absolute atomic E-state index is 0.0238.